The normalized spacial score (nSPS) is 30.1. The molecule has 0 aromatic heterocycles. The van der Waals surface area contributed by atoms with Gasteiger partial charge >= 0.3 is 0 Å². The van der Waals surface area contributed by atoms with Crippen LogP contribution in [-0.4, -0.2) is 50.8 Å². The molecule has 90 valence electrons. The average Bonchev–Trinajstić information content (AvgIpc) is 2.92. The van der Waals surface area contributed by atoms with Crippen LogP contribution in [0.5, 0.6) is 0 Å². The quantitative estimate of drug-likeness (QED) is 0.428. The van der Waals surface area contributed by atoms with Gasteiger partial charge in [0.1, 0.15) is 0 Å². The van der Waals surface area contributed by atoms with Gasteiger partial charge in [0, 0.05) is 38.7 Å². The van der Waals surface area contributed by atoms with Crippen LogP contribution in [0.2, 0.25) is 0 Å². The maximum absolute atomic E-state index is 5.52. The molecule has 1 N–H and O–H groups in total. The van der Waals surface area contributed by atoms with Crippen molar-refractivity contribution in [3.05, 3.63) is 12.7 Å². The van der Waals surface area contributed by atoms with Crippen molar-refractivity contribution in [2.75, 3.05) is 39.9 Å². The molecular weight excluding hydrogens is 202 g/mol. The molecule has 2 heterocycles. The molecule has 4 heteroatoms. The van der Waals surface area contributed by atoms with Crippen molar-refractivity contribution in [2.45, 2.75) is 12.8 Å². The van der Waals surface area contributed by atoms with E-state index < -0.39 is 0 Å². The Morgan fingerprint density at radius 3 is 3.12 bits per heavy atom. The van der Waals surface area contributed by atoms with Gasteiger partial charge < -0.3 is 15.0 Å². The largest absolute Gasteiger partial charge is 0.381 e. The first kappa shape index (κ1) is 11.5. The molecular formula is C12H21N3O. The molecule has 0 bridgehead atoms. The molecule has 0 aromatic rings. The fourth-order valence-electron chi connectivity index (χ4n) is 2.58. The van der Waals surface area contributed by atoms with Crippen LogP contribution in [0.4, 0.5) is 0 Å². The Bertz CT molecular complexity index is 282. The average molecular weight is 223 g/mol. The second-order valence-corrected chi connectivity index (χ2v) is 4.69. The Kier molecular flexibility index (Phi) is 3.49. The van der Waals surface area contributed by atoms with Gasteiger partial charge in [-0.2, -0.15) is 0 Å². The summed E-state index contributed by atoms with van der Waals surface area (Å²) in [5.41, 5.74) is 0.395. The summed E-state index contributed by atoms with van der Waals surface area (Å²) in [6, 6.07) is 0. The number of guanidine groups is 1. The van der Waals surface area contributed by atoms with Crippen LogP contribution in [0.1, 0.15) is 12.8 Å². The van der Waals surface area contributed by atoms with E-state index in [1.165, 1.54) is 12.8 Å². The Labute approximate surface area is 97.4 Å². The Balaban J connectivity index is 1.93. The molecule has 1 spiro atoms. The first-order valence-electron chi connectivity index (χ1n) is 5.94. The molecule has 2 fully saturated rings. The molecule has 0 aromatic carbocycles. The molecule has 0 amide bonds. The second kappa shape index (κ2) is 4.87. The minimum Gasteiger partial charge on any atom is -0.381 e. The van der Waals surface area contributed by atoms with Crippen molar-refractivity contribution in [2.24, 2.45) is 10.4 Å². The Hall–Kier alpha value is -1.03. The van der Waals surface area contributed by atoms with E-state index in [9.17, 15) is 0 Å². The number of likely N-dealkylation sites (tertiary alicyclic amines) is 1. The first-order chi connectivity index (χ1) is 7.79. The third kappa shape index (κ3) is 2.21. The van der Waals surface area contributed by atoms with Crippen LogP contribution in [0, 0.1) is 5.41 Å². The number of aliphatic imine (C=N–C) groups is 1. The SMILES string of the molecule is C=CCNC(=NC)N1CCC2(CCOC2)C1. The van der Waals surface area contributed by atoms with Gasteiger partial charge in [-0.05, 0) is 12.8 Å². The van der Waals surface area contributed by atoms with E-state index in [0.717, 1.165) is 38.8 Å². The number of nitrogens with one attached hydrogen (secondary N) is 1. The molecule has 0 radical (unpaired) electrons. The smallest absolute Gasteiger partial charge is 0.193 e. The van der Waals surface area contributed by atoms with E-state index in [2.05, 4.69) is 21.8 Å². The number of ether oxygens (including phenoxy) is 1. The zero-order chi connectivity index (χ0) is 11.4. The lowest BCUT2D eigenvalue weighted by Crippen LogP contribution is -2.41. The minimum atomic E-state index is 0.395. The molecule has 0 aliphatic carbocycles. The van der Waals surface area contributed by atoms with Crippen LogP contribution in [0.25, 0.3) is 0 Å². The van der Waals surface area contributed by atoms with Gasteiger partial charge in [-0.1, -0.05) is 6.08 Å². The van der Waals surface area contributed by atoms with Gasteiger partial charge in [-0.15, -0.1) is 6.58 Å². The highest BCUT2D eigenvalue weighted by Gasteiger charge is 2.42. The summed E-state index contributed by atoms with van der Waals surface area (Å²) in [5, 5.41) is 3.28. The van der Waals surface area contributed by atoms with E-state index >= 15 is 0 Å². The van der Waals surface area contributed by atoms with Crippen LogP contribution in [0.15, 0.2) is 17.6 Å². The molecule has 1 unspecified atom stereocenters. The molecule has 16 heavy (non-hydrogen) atoms. The van der Waals surface area contributed by atoms with Crippen molar-refractivity contribution in [1.82, 2.24) is 10.2 Å². The van der Waals surface area contributed by atoms with E-state index in [1.54, 1.807) is 0 Å². The summed E-state index contributed by atoms with van der Waals surface area (Å²) >= 11 is 0. The third-order valence-electron chi connectivity index (χ3n) is 3.54. The number of hydrogen-bond acceptors (Lipinski definition) is 2. The van der Waals surface area contributed by atoms with Crippen LogP contribution in [0.3, 0.4) is 0 Å². The Morgan fingerprint density at radius 1 is 1.62 bits per heavy atom. The van der Waals surface area contributed by atoms with Gasteiger partial charge in [0.15, 0.2) is 5.96 Å². The van der Waals surface area contributed by atoms with Crippen molar-refractivity contribution >= 4 is 5.96 Å². The van der Waals surface area contributed by atoms with E-state index in [1.807, 2.05) is 13.1 Å². The number of rotatable bonds is 2. The van der Waals surface area contributed by atoms with Gasteiger partial charge in [-0.25, -0.2) is 0 Å². The van der Waals surface area contributed by atoms with Crippen molar-refractivity contribution in [3.63, 3.8) is 0 Å². The monoisotopic (exact) mass is 223 g/mol. The predicted molar refractivity (Wildman–Crippen MR) is 65.6 cm³/mol. The lowest BCUT2D eigenvalue weighted by molar-refractivity contribution is 0.156. The van der Waals surface area contributed by atoms with Crippen molar-refractivity contribution in [1.29, 1.82) is 0 Å². The zero-order valence-electron chi connectivity index (χ0n) is 10.0. The highest BCUT2D eigenvalue weighted by molar-refractivity contribution is 5.80. The summed E-state index contributed by atoms with van der Waals surface area (Å²) < 4.78 is 5.52. The molecule has 2 aliphatic heterocycles. The lowest BCUT2D eigenvalue weighted by atomic mass is 9.87. The van der Waals surface area contributed by atoms with Crippen LogP contribution >= 0.6 is 0 Å². The van der Waals surface area contributed by atoms with E-state index in [0.29, 0.717) is 5.41 Å². The van der Waals surface area contributed by atoms with E-state index in [4.69, 9.17) is 4.74 Å². The molecule has 2 saturated heterocycles. The topological polar surface area (TPSA) is 36.9 Å². The Morgan fingerprint density at radius 2 is 2.50 bits per heavy atom. The van der Waals surface area contributed by atoms with Gasteiger partial charge in [0.25, 0.3) is 0 Å². The van der Waals surface area contributed by atoms with Crippen LogP contribution in [-0.2, 0) is 4.74 Å². The summed E-state index contributed by atoms with van der Waals surface area (Å²) in [4.78, 5) is 6.64. The second-order valence-electron chi connectivity index (χ2n) is 4.69. The summed E-state index contributed by atoms with van der Waals surface area (Å²) in [7, 11) is 1.83. The number of hydrogen-bond donors (Lipinski definition) is 1. The van der Waals surface area contributed by atoms with Gasteiger partial charge in [0.2, 0.25) is 0 Å². The molecule has 0 saturated carbocycles. The fourth-order valence-corrected chi connectivity index (χ4v) is 2.58. The molecule has 2 rings (SSSR count). The maximum Gasteiger partial charge on any atom is 0.193 e. The summed E-state index contributed by atoms with van der Waals surface area (Å²) in [6.45, 7) is 8.48. The summed E-state index contributed by atoms with van der Waals surface area (Å²) in [5.74, 6) is 0.990. The zero-order valence-corrected chi connectivity index (χ0v) is 10.0. The minimum absolute atomic E-state index is 0.395. The third-order valence-corrected chi connectivity index (χ3v) is 3.54. The molecule has 2 aliphatic rings. The van der Waals surface area contributed by atoms with Gasteiger partial charge in [0.05, 0.1) is 6.61 Å². The molecule has 4 nitrogen and oxygen atoms in total. The van der Waals surface area contributed by atoms with Gasteiger partial charge in [-0.3, -0.25) is 4.99 Å². The molecule has 1 atom stereocenters. The maximum atomic E-state index is 5.52. The number of nitrogens with zero attached hydrogens (tertiary/aromatic N) is 2. The summed E-state index contributed by atoms with van der Waals surface area (Å²) in [6.07, 6.45) is 4.28. The van der Waals surface area contributed by atoms with E-state index in [-0.39, 0.29) is 0 Å². The fraction of sp³-hybridized carbons (Fsp3) is 0.750. The van der Waals surface area contributed by atoms with Crippen molar-refractivity contribution < 1.29 is 4.74 Å². The predicted octanol–water partition coefficient (Wildman–Crippen LogP) is 0.860. The first-order valence-corrected chi connectivity index (χ1v) is 5.94. The van der Waals surface area contributed by atoms with Crippen molar-refractivity contribution in [3.8, 4) is 0 Å². The standard InChI is InChI=1S/C12H21N3O/c1-3-6-14-11(13-2)15-7-4-12(9-15)5-8-16-10-12/h3H,1,4-10H2,2H3,(H,13,14). The lowest BCUT2D eigenvalue weighted by Gasteiger charge is -2.24. The van der Waals surface area contributed by atoms with Crippen LogP contribution < -0.4 is 5.32 Å². The highest BCUT2D eigenvalue weighted by Crippen LogP contribution is 2.37. The highest BCUT2D eigenvalue weighted by atomic mass is 16.5.